The largest absolute Gasteiger partial charge is 0.444 e. The van der Waals surface area contributed by atoms with Crippen molar-refractivity contribution in [1.82, 2.24) is 20.0 Å². The number of nitrogens with zero attached hydrogens (tertiary/aromatic N) is 4. The highest BCUT2D eigenvalue weighted by atomic mass is 19.1. The van der Waals surface area contributed by atoms with Gasteiger partial charge >= 0.3 is 6.09 Å². The zero-order valence-electron chi connectivity index (χ0n) is 23.0. The van der Waals surface area contributed by atoms with Crippen molar-refractivity contribution >= 4 is 17.9 Å². The number of carbonyl (C=O) groups excluding carboxylic acids is 3. The van der Waals surface area contributed by atoms with Gasteiger partial charge < -0.3 is 19.9 Å². The summed E-state index contributed by atoms with van der Waals surface area (Å²) in [5, 5.41) is 12.3. The van der Waals surface area contributed by atoms with E-state index in [4.69, 9.17) is 4.74 Å². The van der Waals surface area contributed by atoms with Gasteiger partial charge in [0.15, 0.2) is 0 Å². The van der Waals surface area contributed by atoms with Crippen molar-refractivity contribution in [2.75, 3.05) is 19.6 Å². The van der Waals surface area contributed by atoms with Gasteiger partial charge in [-0.15, -0.1) is 0 Å². The summed E-state index contributed by atoms with van der Waals surface area (Å²) in [6, 6.07) is 6.85. The fourth-order valence-corrected chi connectivity index (χ4v) is 7.05. The first-order valence-corrected chi connectivity index (χ1v) is 14.1. The Balaban J connectivity index is 1.35. The maximum absolute atomic E-state index is 13.9. The lowest BCUT2D eigenvalue weighted by Crippen LogP contribution is -2.61. The van der Waals surface area contributed by atoms with Crippen LogP contribution in [-0.4, -0.2) is 82.0 Å². The van der Waals surface area contributed by atoms with E-state index in [9.17, 15) is 24.0 Å². The van der Waals surface area contributed by atoms with Crippen LogP contribution in [0.15, 0.2) is 24.3 Å². The molecule has 3 saturated heterocycles. The second-order valence-electron chi connectivity index (χ2n) is 12.3. The van der Waals surface area contributed by atoms with Crippen molar-refractivity contribution in [2.24, 2.45) is 0 Å². The number of alkyl carbamates (subject to hydrolysis) is 1. The lowest BCUT2D eigenvalue weighted by molar-refractivity contribution is -0.146. The molecule has 3 amide bonds. The Hall–Kier alpha value is -3.19. The molecule has 1 saturated carbocycles. The molecule has 1 aromatic rings. The fraction of sp³-hybridized carbons (Fsp3) is 0.655. The third-order valence-corrected chi connectivity index (χ3v) is 8.63. The number of hydrogen-bond acceptors (Lipinski definition) is 6. The van der Waals surface area contributed by atoms with Gasteiger partial charge in [0.25, 0.3) is 0 Å². The molecule has 0 unspecified atom stereocenters. The fourth-order valence-electron chi connectivity index (χ4n) is 7.05. The van der Waals surface area contributed by atoms with E-state index < -0.39 is 35.4 Å². The first kappa shape index (κ1) is 27.4. The van der Waals surface area contributed by atoms with Crippen LogP contribution >= 0.6 is 0 Å². The van der Waals surface area contributed by atoms with Crippen LogP contribution in [0.3, 0.4) is 0 Å². The van der Waals surface area contributed by atoms with Gasteiger partial charge in [-0.05, 0) is 70.6 Å². The topological polar surface area (TPSA) is 106 Å². The summed E-state index contributed by atoms with van der Waals surface area (Å²) >= 11 is 0. The molecule has 210 valence electrons. The zero-order valence-corrected chi connectivity index (χ0v) is 23.0. The minimum atomic E-state index is -0.938. The maximum Gasteiger partial charge on any atom is 0.408 e. The van der Waals surface area contributed by atoms with Crippen LogP contribution in [0.4, 0.5) is 9.18 Å². The summed E-state index contributed by atoms with van der Waals surface area (Å²) in [5.41, 5.74) is -0.194. The molecular weight excluding hydrogens is 501 g/mol. The molecule has 5 rings (SSSR count). The summed E-state index contributed by atoms with van der Waals surface area (Å²) in [6.07, 6.45) is 5.00. The van der Waals surface area contributed by atoms with Gasteiger partial charge in [-0.3, -0.25) is 14.5 Å². The summed E-state index contributed by atoms with van der Waals surface area (Å²) < 4.78 is 19.1. The summed E-state index contributed by atoms with van der Waals surface area (Å²) in [7, 11) is 0. The van der Waals surface area contributed by atoms with Gasteiger partial charge in [-0.1, -0.05) is 25.0 Å². The van der Waals surface area contributed by atoms with Crippen LogP contribution in [0.1, 0.15) is 71.3 Å². The van der Waals surface area contributed by atoms with Gasteiger partial charge in [0.05, 0.1) is 17.6 Å². The normalized spacial score (nSPS) is 27.1. The van der Waals surface area contributed by atoms with Crippen LogP contribution in [0.2, 0.25) is 0 Å². The number of nitrogens with one attached hydrogen (secondary N) is 1. The molecule has 39 heavy (non-hydrogen) atoms. The molecule has 9 nitrogen and oxygen atoms in total. The monoisotopic (exact) mass is 539 g/mol. The summed E-state index contributed by atoms with van der Waals surface area (Å²) in [4.78, 5) is 45.7. The van der Waals surface area contributed by atoms with Crippen LogP contribution in [-0.2, 0) is 19.9 Å². The highest BCUT2D eigenvalue weighted by Gasteiger charge is 2.58. The van der Waals surface area contributed by atoms with Crippen LogP contribution < -0.4 is 5.32 Å². The van der Waals surface area contributed by atoms with Crippen molar-refractivity contribution in [3.05, 3.63) is 35.6 Å². The van der Waals surface area contributed by atoms with E-state index in [2.05, 4.69) is 11.4 Å². The zero-order chi connectivity index (χ0) is 27.9. The molecular formula is C29H38FN5O4. The Labute approximate surface area is 229 Å². The lowest BCUT2D eigenvalue weighted by atomic mass is 9.85. The molecule has 10 heteroatoms. The Morgan fingerprint density at radius 1 is 1.21 bits per heavy atom. The summed E-state index contributed by atoms with van der Waals surface area (Å²) in [5.74, 6) is -0.593. The van der Waals surface area contributed by atoms with Crippen LogP contribution in [0.25, 0.3) is 0 Å². The molecule has 1 N–H and O–H groups in total. The number of rotatable bonds is 6. The van der Waals surface area contributed by atoms with Gasteiger partial charge in [0, 0.05) is 25.7 Å². The number of hydrogen-bond donors (Lipinski definition) is 1. The highest BCUT2D eigenvalue weighted by Crippen LogP contribution is 2.50. The smallest absolute Gasteiger partial charge is 0.408 e. The van der Waals surface area contributed by atoms with E-state index >= 15 is 0 Å². The number of amides is 3. The van der Waals surface area contributed by atoms with Crippen molar-refractivity contribution in [2.45, 2.75) is 101 Å². The predicted octanol–water partition coefficient (Wildman–Crippen LogP) is 3.29. The van der Waals surface area contributed by atoms with E-state index in [-0.39, 0.29) is 30.2 Å². The van der Waals surface area contributed by atoms with E-state index in [0.29, 0.717) is 25.9 Å². The quantitative estimate of drug-likeness (QED) is 0.595. The van der Waals surface area contributed by atoms with Gasteiger partial charge in [-0.25, -0.2) is 9.18 Å². The predicted molar refractivity (Wildman–Crippen MR) is 141 cm³/mol. The number of halogens is 1. The third-order valence-electron chi connectivity index (χ3n) is 8.63. The number of ether oxygens (including phenoxy) is 1. The molecule has 4 aliphatic rings. The van der Waals surface area contributed by atoms with Crippen molar-refractivity contribution in [3.8, 4) is 6.07 Å². The lowest BCUT2D eigenvalue weighted by Gasteiger charge is -2.46. The second kappa shape index (κ2) is 10.4. The molecule has 2 bridgehead atoms. The summed E-state index contributed by atoms with van der Waals surface area (Å²) in [6.45, 7) is 6.47. The number of benzene rings is 1. The Kier molecular flexibility index (Phi) is 7.31. The van der Waals surface area contributed by atoms with Crippen LogP contribution in [0, 0.1) is 17.1 Å². The van der Waals surface area contributed by atoms with E-state index in [1.165, 1.54) is 17.0 Å². The number of fused-ring (bicyclic) bond motifs is 2. The SMILES string of the molecule is CC(C)(C)OC(=O)N[C@@H](CN1C[C@@H]2C[C@H]1C(=O)N2C1(c2ccc(F)cc2)CCCC1)C(=O)N1CCC[C@H]1C#N. The Bertz CT molecular complexity index is 1150. The minimum Gasteiger partial charge on any atom is -0.444 e. The molecule has 0 radical (unpaired) electrons. The van der Waals surface area contributed by atoms with Crippen molar-refractivity contribution in [1.29, 1.82) is 5.26 Å². The minimum absolute atomic E-state index is 0.0250. The molecule has 1 aromatic carbocycles. The van der Waals surface area contributed by atoms with E-state index in [1.54, 1.807) is 32.9 Å². The number of nitriles is 1. The first-order valence-electron chi connectivity index (χ1n) is 14.1. The third kappa shape index (κ3) is 5.21. The molecule has 4 fully saturated rings. The standard InChI is InChI=1S/C29H38FN5O4/c1-28(2,3)39-27(38)32-23(25(36)34-14-6-7-21(34)16-31)18-33-17-22-15-24(33)26(37)35(22)29(12-4-5-13-29)19-8-10-20(30)11-9-19/h8-11,21-24H,4-7,12-15,17-18H2,1-3H3,(H,32,38)/t21-,22-,23-,24-/m0/s1. The van der Waals surface area contributed by atoms with E-state index in [0.717, 1.165) is 37.7 Å². The molecule has 0 aromatic heterocycles. The molecule has 1 aliphatic carbocycles. The average molecular weight is 540 g/mol. The second-order valence-corrected chi connectivity index (χ2v) is 12.3. The molecule has 0 spiro atoms. The Morgan fingerprint density at radius 2 is 1.90 bits per heavy atom. The van der Waals surface area contributed by atoms with Gasteiger partial charge in [-0.2, -0.15) is 5.26 Å². The van der Waals surface area contributed by atoms with Gasteiger partial charge in [0.1, 0.15) is 23.5 Å². The first-order chi connectivity index (χ1) is 18.5. The van der Waals surface area contributed by atoms with Crippen molar-refractivity contribution in [3.63, 3.8) is 0 Å². The number of likely N-dealkylation sites (tertiary alicyclic amines) is 3. The molecule has 4 atom stereocenters. The van der Waals surface area contributed by atoms with Gasteiger partial charge in [0.2, 0.25) is 11.8 Å². The number of piperazine rings is 1. The number of carbonyl (C=O) groups is 3. The van der Waals surface area contributed by atoms with E-state index in [1.807, 2.05) is 9.80 Å². The van der Waals surface area contributed by atoms with Crippen LogP contribution in [0.5, 0.6) is 0 Å². The van der Waals surface area contributed by atoms with Crippen molar-refractivity contribution < 1.29 is 23.5 Å². The Morgan fingerprint density at radius 3 is 2.51 bits per heavy atom. The molecule has 3 aliphatic heterocycles. The maximum atomic E-state index is 13.9. The average Bonchev–Trinajstić information content (AvgIpc) is 3.66. The molecule has 3 heterocycles. The highest BCUT2D eigenvalue weighted by molar-refractivity contribution is 5.88.